The Morgan fingerprint density at radius 3 is 2.83 bits per heavy atom. The minimum absolute atomic E-state index is 0.0581. The van der Waals surface area contributed by atoms with Crippen molar-refractivity contribution >= 4 is 17.2 Å². The molecule has 1 aliphatic carbocycles. The van der Waals surface area contributed by atoms with E-state index in [1.165, 1.54) is 12.8 Å². The third-order valence-corrected chi connectivity index (χ3v) is 4.37. The van der Waals surface area contributed by atoms with Crippen LogP contribution >= 0.6 is 0 Å². The molecule has 0 spiro atoms. The van der Waals surface area contributed by atoms with Crippen LogP contribution in [0.15, 0.2) is 42.6 Å². The van der Waals surface area contributed by atoms with Crippen LogP contribution < -0.4 is 4.90 Å². The Morgan fingerprint density at radius 2 is 2.09 bits per heavy atom. The lowest BCUT2D eigenvalue weighted by molar-refractivity contribution is 0.101. The van der Waals surface area contributed by atoms with Gasteiger partial charge in [-0.3, -0.25) is 4.79 Å². The number of nitrogens with zero attached hydrogens (tertiary/aromatic N) is 4. The van der Waals surface area contributed by atoms with Gasteiger partial charge < -0.3 is 4.90 Å². The molecule has 0 saturated heterocycles. The van der Waals surface area contributed by atoms with E-state index in [0.717, 1.165) is 22.7 Å². The summed E-state index contributed by atoms with van der Waals surface area (Å²) in [6, 6.07) is 12.2. The number of rotatable bonds is 4. The Labute approximate surface area is 134 Å². The molecule has 0 bridgehead atoms. The van der Waals surface area contributed by atoms with Crippen LogP contribution in [0.4, 0.5) is 5.82 Å². The number of benzene rings is 1. The van der Waals surface area contributed by atoms with Gasteiger partial charge in [-0.05, 0) is 38.0 Å². The SMILES string of the molecule is CC(=O)c1cccc(-c2cnc3ccc(N(C)C4CC4)nn23)c1. The topological polar surface area (TPSA) is 50.5 Å². The molecule has 0 unspecified atom stereocenters. The fourth-order valence-corrected chi connectivity index (χ4v) is 2.79. The van der Waals surface area contributed by atoms with E-state index in [-0.39, 0.29) is 5.78 Å². The smallest absolute Gasteiger partial charge is 0.159 e. The second-order valence-corrected chi connectivity index (χ2v) is 6.08. The summed E-state index contributed by atoms with van der Waals surface area (Å²) in [5, 5.41) is 4.74. The molecule has 0 atom stereocenters. The van der Waals surface area contributed by atoms with Crippen LogP contribution in [0.1, 0.15) is 30.1 Å². The molecular formula is C18H18N4O. The standard InChI is InChI=1S/C18H18N4O/c1-12(23)13-4-3-5-14(10-13)16-11-19-17-8-9-18(20-22(16)17)21(2)15-6-7-15/h3-5,8-11,15H,6-7H2,1-2H3. The highest BCUT2D eigenvalue weighted by Gasteiger charge is 2.27. The molecule has 2 aromatic heterocycles. The van der Waals surface area contributed by atoms with E-state index in [1.54, 1.807) is 6.92 Å². The summed E-state index contributed by atoms with van der Waals surface area (Å²) in [5.74, 6) is 1.00. The molecule has 3 aromatic rings. The first kappa shape index (κ1) is 13.9. The molecule has 2 heterocycles. The lowest BCUT2D eigenvalue weighted by Crippen LogP contribution is -2.21. The van der Waals surface area contributed by atoms with E-state index in [9.17, 15) is 4.79 Å². The zero-order valence-electron chi connectivity index (χ0n) is 13.2. The Morgan fingerprint density at radius 1 is 1.26 bits per heavy atom. The molecule has 1 aromatic carbocycles. The zero-order chi connectivity index (χ0) is 16.0. The zero-order valence-corrected chi connectivity index (χ0v) is 13.2. The van der Waals surface area contributed by atoms with Crippen molar-refractivity contribution in [2.75, 3.05) is 11.9 Å². The molecule has 4 rings (SSSR count). The van der Waals surface area contributed by atoms with Crippen LogP contribution in [0.3, 0.4) is 0 Å². The Hall–Kier alpha value is -2.69. The first-order valence-electron chi connectivity index (χ1n) is 7.82. The van der Waals surface area contributed by atoms with Gasteiger partial charge in [-0.25, -0.2) is 9.50 Å². The fraction of sp³-hybridized carbons (Fsp3) is 0.278. The van der Waals surface area contributed by atoms with Crippen molar-refractivity contribution in [2.45, 2.75) is 25.8 Å². The number of Topliss-reactive ketones (excluding diaryl/α,β-unsaturated/α-hetero) is 1. The largest absolute Gasteiger partial charge is 0.355 e. The summed E-state index contributed by atoms with van der Waals surface area (Å²) in [5.41, 5.74) is 3.35. The highest BCUT2D eigenvalue weighted by atomic mass is 16.1. The van der Waals surface area contributed by atoms with Crippen LogP contribution in [0, 0.1) is 0 Å². The molecule has 5 nitrogen and oxygen atoms in total. The monoisotopic (exact) mass is 306 g/mol. The van der Waals surface area contributed by atoms with E-state index in [0.29, 0.717) is 11.6 Å². The van der Waals surface area contributed by atoms with Gasteiger partial charge in [-0.2, -0.15) is 0 Å². The van der Waals surface area contributed by atoms with Crippen molar-refractivity contribution in [3.05, 3.63) is 48.2 Å². The molecule has 0 radical (unpaired) electrons. The summed E-state index contributed by atoms with van der Waals surface area (Å²) < 4.78 is 1.85. The fourth-order valence-electron chi connectivity index (χ4n) is 2.79. The first-order chi connectivity index (χ1) is 11.1. The molecule has 5 heteroatoms. The van der Waals surface area contributed by atoms with Gasteiger partial charge in [0.1, 0.15) is 5.82 Å². The van der Waals surface area contributed by atoms with Gasteiger partial charge >= 0.3 is 0 Å². The van der Waals surface area contributed by atoms with Crippen LogP contribution in [0.2, 0.25) is 0 Å². The third-order valence-electron chi connectivity index (χ3n) is 4.37. The molecule has 0 aliphatic heterocycles. The second kappa shape index (κ2) is 5.19. The highest BCUT2D eigenvalue weighted by Crippen LogP contribution is 2.29. The number of imidazole rings is 1. The quantitative estimate of drug-likeness (QED) is 0.695. The maximum absolute atomic E-state index is 11.6. The van der Waals surface area contributed by atoms with E-state index >= 15 is 0 Å². The van der Waals surface area contributed by atoms with Crippen molar-refractivity contribution in [3.8, 4) is 11.3 Å². The third kappa shape index (κ3) is 2.48. The van der Waals surface area contributed by atoms with Gasteiger partial charge in [0.05, 0.1) is 11.9 Å². The maximum Gasteiger partial charge on any atom is 0.159 e. The average molecular weight is 306 g/mol. The molecule has 23 heavy (non-hydrogen) atoms. The number of aromatic nitrogens is 3. The number of ketones is 1. The van der Waals surface area contributed by atoms with Gasteiger partial charge in [0, 0.05) is 24.2 Å². The highest BCUT2D eigenvalue weighted by molar-refractivity contribution is 5.95. The Bertz CT molecular complexity index is 895. The van der Waals surface area contributed by atoms with Crippen molar-refractivity contribution in [3.63, 3.8) is 0 Å². The molecular weight excluding hydrogens is 288 g/mol. The summed E-state index contributed by atoms with van der Waals surface area (Å²) in [6.45, 7) is 1.58. The number of anilines is 1. The normalized spacial score (nSPS) is 14.2. The van der Waals surface area contributed by atoms with E-state index in [4.69, 9.17) is 5.10 Å². The molecule has 0 N–H and O–H groups in total. The number of hydrogen-bond acceptors (Lipinski definition) is 4. The van der Waals surface area contributed by atoms with Crippen LogP contribution in [-0.4, -0.2) is 33.5 Å². The van der Waals surface area contributed by atoms with Gasteiger partial charge in [-0.1, -0.05) is 18.2 Å². The van der Waals surface area contributed by atoms with Gasteiger partial charge in [0.25, 0.3) is 0 Å². The number of carbonyl (C=O) groups excluding carboxylic acids is 1. The molecule has 1 aliphatic rings. The van der Waals surface area contributed by atoms with Crippen LogP contribution in [0.25, 0.3) is 16.9 Å². The van der Waals surface area contributed by atoms with Gasteiger partial charge in [-0.15, -0.1) is 5.10 Å². The molecule has 1 fully saturated rings. The second-order valence-electron chi connectivity index (χ2n) is 6.08. The van der Waals surface area contributed by atoms with Gasteiger partial charge in [0.15, 0.2) is 11.4 Å². The van der Waals surface area contributed by atoms with Crippen LogP contribution in [-0.2, 0) is 0 Å². The van der Waals surface area contributed by atoms with Crippen molar-refractivity contribution in [1.82, 2.24) is 14.6 Å². The molecule has 116 valence electrons. The van der Waals surface area contributed by atoms with Crippen LogP contribution in [0.5, 0.6) is 0 Å². The van der Waals surface area contributed by atoms with Crippen molar-refractivity contribution < 1.29 is 4.79 Å². The summed E-state index contributed by atoms with van der Waals surface area (Å²) in [4.78, 5) is 18.3. The number of hydrogen-bond donors (Lipinski definition) is 0. The van der Waals surface area contributed by atoms with E-state index < -0.39 is 0 Å². The number of carbonyl (C=O) groups is 1. The van der Waals surface area contributed by atoms with E-state index in [1.807, 2.05) is 47.1 Å². The minimum atomic E-state index is 0.0581. The van der Waals surface area contributed by atoms with Crippen molar-refractivity contribution in [1.29, 1.82) is 0 Å². The Balaban J connectivity index is 1.82. The molecule has 1 saturated carbocycles. The number of fused-ring (bicyclic) bond motifs is 1. The summed E-state index contributed by atoms with van der Waals surface area (Å²) >= 11 is 0. The predicted octanol–water partition coefficient (Wildman–Crippen LogP) is 3.20. The summed E-state index contributed by atoms with van der Waals surface area (Å²) in [6.07, 6.45) is 4.27. The summed E-state index contributed by atoms with van der Waals surface area (Å²) in [7, 11) is 2.08. The first-order valence-corrected chi connectivity index (χ1v) is 7.82. The van der Waals surface area contributed by atoms with E-state index in [2.05, 4.69) is 16.9 Å². The average Bonchev–Trinajstić information content (AvgIpc) is 3.33. The predicted molar refractivity (Wildman–Crippen MR) is 89.9 cm³/mol. The lowest BCUT2D eigenvalue weighted by Gasteiger charge is -2.17. The minimum Gasteiger partial charge on any atom is -0.355 e. The Kier molecular flexibility index (Phi) is 3.15. The molecule has 0 amide bonds. The maximum atomic E-state index is 11.6. The van der Waals surface area contributed by atoms with Gasteiger partial charge in [0.2, 0.25) is 0 Å². The lowest BCUT2D eigenvalue weighted by atomic mass is 10.1. The van der Waals surface area contributed by atoms with Crippen molar-refractivity contribution in [2.24, 2.45) is 0 Å².